The molecule has 2 aromatic rings. The van der Waals surface area contributed by atoms with E-state index in [4.69, 9.17) is 16.3 Å². The van der Waals surface area contributed by atoms with E-state index >= 15 is 0 Å². The van der Waals surface area contributed by atoms with Gasteiger partial charge in [0.05, 0.1) is 6.04 Å². The zero-order valence-corrected chi connectivity index (χ0v) is 16.5. The van der Waals surface area contributed by atoms with Gasteiger partial charge in [-0.2, -0.15) is 0 Å². The highest BCUT2D eigenvalue weighted by molar-refractivity contribution is 6.31. The molecule has 1 fully saturated rings. The summed E-state index contributed by atoms with van der Waals surface area (Å²) in [6.07, 6.45) is 3.64. The number of carbonyl (C=O) groups excluding carboxylic acids is 1. The third-order valence-corrected chi connectivity index (χ3v) is 5.32. The molecule has 1 heterocycles. The van der Waals surface area contributed by atoms with E-state index in [0.29, 0.717) is 12.3 Å². The molecular formula is C22H27ClN2O2. The predicted octanol–water partition coefficient (Wildman–Crippen LogP) is 4.37. The second-order valence-electron chi connectivity index (χ2n) is 7.04. The molecule has 1 aliphatic rings. The first-order chi connectivity index (χ1) is 13.1. The summed E-state index contributed by atoms with van der Waals surface area (Å²) in [7, 11) is 0. The molecule has 4 nitrogen and oxygen atoms in total. The Morgan fingerprint density at radius 3 is 2.52 bits per heavy atom. The first-order valence-corrected chi connectivity index (χ1v) is 9.96. The first-order valence-electron chi connectivity index (χ1n) is 9.58. The Labute approximate surface area is 166 Å². The van der Waals surface area contributed by atoms with E-state index in [1.807, 2.05) is 49.4 Å². The zero-order valence-electron chi connectivity index (χ0n) is 15.8. The van der Waals surface area contributed by atoms with Crippen LogP contribution < -0.4 is 10.1 Å². The average molecular weight is 387 g/mol. The van der Waals surface area contributed by atoms with Gasteiger partial charge in [-0.25, -0.2) is 0 Å². The number of amides is 1. The molecule has 3 rings (SSSR count). The van der Waals surface area contributed by atoms with Gasteiger partial charge in [-0.3, -0.25) is 9.69 Å². The molecule has 1 saturated heterocycles. The van der Waals surface area contributed by atoms with Crippen LogP contribution in [0, 0.1) is 6.92 Å². The van der Waals surface area contributed by atoms with Crippen molar-refractivity contribution in [2.24, 2.45) is 0 Å². The summed E-state index contributed by atoms with van der Waals surface area (Å²) >= 11 is 6.44. The maximum Gasteiger partial charge on any atom is 0.258 e. The van der Waals surface area contributed by atoms with Crippen LogP contribution in [0.2, 0.25) is 5.02 Å². The third kappa shape index (κ3) is 5.72. The van der Waals surface area contributed by atoms with Crippen molar-refractivity contribution in [1.82, 2.24) is 10.2 Å². The Morgan fingerprint density at radius 1 is 1.11 bits per heavy atom. The predicted molar refractivity (Wildman–Crippen MR) is 109 cm³/mol. The van der Waals surface area contributed by atoms with E-state index in [0.717, 1.165) is 29.2 Å². The summed E-state index contributed by atoms with van der Waals surface area (Å²) in [5.41, 5.74) is 2.23. The van der Waals surface area contributed by atoms with Gasteiger partial charge < -0.3 is 10.1 Å². The number of hydrogen-bond donors (Lipinski definition) is 1. The van der Waals surface area contributed by atoms with Crippen LogP contribution >= 0.6 is 11.6 Å². The fourth-order valence-corrected chi connectivity index (χ4v) is 3.72. The van der Waals surface area contributed by atoms with E-state index in [9.17, 15) is 4.79 Å². The molecule has 5 heteroatoms. The fourth-order valence-electron chi connectivity index (χ4n) is 3.46. The normalized spacial score (nSPS) is 15.9. The molecule has 2 aromatic carbocycles. The van der Waals surface area contributed by atoms with Gasteiger partial charge in [-0.15, -0.1) is 0 Å². The van der Waals surface area contributed by atoms with E-state index in [2.05, 4.69) is 16.3 Å². The number of aryl methyl sites for hydroxylation is 1. The molecule has 0 aliphatic carbocycles. The first kappa shape index (κ1) is 19.7. The lowest BCUT2D eigenvalue weighted by Gasteiger charge is -2.35. The van der Waals surface area contributed by atoms with Gasteiger partial charge in [0.15, 0.2) is 6.61 Å². The van der Waals surface area contributed by atoms with Crippen LogP contribution in [0.25, 0.3) is 0 Å². The van der Waals surface area contributed by atoms with Crippen LogP contribution in [-0.2, 0) is 4.79 Å². The monoisotopic (exact) mass is 386 g/mol. The number of benzene rings is 2. The van der Waals surface area contributed by atoms with Gasteiger partial charge >= 0.3 is 0 Å². The largest absolute Gasteiger partial charge is 0.484 e. The molecule has 1 N–H and O–H groups in total. The van der Waals surface area contributed by atoms with Crippen molar-refractivity contribution in [3.63, 3.8) is 0 Å². The fraction of sp³-hybridized carbons (Fsp3) is 0.409. The SMILES string of the molecule is Cc1ccc(OCC(=O)NC[C@@H](c2ccccc2Cl)N2CCCCC2)cc1. The lowest BCUT2D eigenvalue weighted by Crippen LogP contribution is -2.41. The van der Waals surface area contributed by atoms with E-state index < -0.39 is 0 Å². The number of nitrogens with one attached hydrogen (secondary N) is 1. The number of hydrogen-bond acceptors (Lipinski definition) is 3. The van der Waals surface area contributed by atoms with Gasteiger partial charge in [0.25, 0.3) is 5.91 Å². The smallest absolute Gasteiger partial charge is 0.258 e. The van der Waals surface area contributed by atoms with Gasteiger partial charge in [-0.1, -0.05) is 53.9 Å². The summed E-state index contributed by atoms with van der Waals surface area (Å²) in [5.74, 6) is 0.582. The van der Waals surface area contributed by atoms with Crippen molar-refractivity contribution in [2.45, 2.75) is 32.2 Å². The van der Waals surface area contributed by atoms with Crippen molar-refractivity contribution in [3.8, 4) is 5.75 Å². The van der Waals surface area contributed by atoms with Gasteiger partial charge in [0.2, 0.25) is 0 Å². The molecule has 0 unspecified atom stereocenters. The van der Waals surface area contributed by atoms with Crippen molar-refractivity contribution in [1.29, 1.82) is 0 Å². The maximum absolute atomic E-state index is 12.3. The minimum atomic E-state index is -0.121. The Hall–Kier alpha value is -2.04. The minimum absolute atomic E-state index is 0.0122. The van der Waals surface area contributed by atoms with Crippen molar-refractivity contribution < 1.29 is 9.53 Å². The Morgan fingerprint density at radius 2 is 1.81 bits per heavy atom. The Kier molecular flexibility index (Phi) is 7.13. The van der Waals surface area contributed by atoms with E-state index in [1.165, 1.54) is 19.3 Å². The lowest BCUT2D eigenvalue weighted by molar-refractivity contribution is -0.123. The van der Waals surface area contributed by atoms with Gasteiger partial charge in [0, 0.05) is 11.6 Å². The number of halogens is 1. The highest BCUT2D eigenvalue weighted by Crippen LogP contribution is 2.29. The summed E-state index contributed by atoms with van der Waals surface area (Å²) in [4.78, 5) is 14.7. The number of carbonyl (C=O) groups is 1. The van der Waals surface area contributed by atoms with Crippen LogP contribution in [0.5, 0.6) is 5.75 Å². The van der Waals surface area contributed by atoms with Crippen molar-refractivity contribution in [3.05, 3.63) is 64.7 Å². The molecule has 27 heavy (non-hydrogen) atoms. The molecule has 1 aliphatic heterocycles. The highest BCUT2D eigenvalue weighted by atomic mass is 35.5. The van der Waals surface area contributed by atoms with E-state index in [-0.39, 0.29) is 18.6 Å². The molecule has 0 saturated carbocycles. The van der Waals surface area contributed by atoms with Crippen LogP contribution in [-0.4, -0.2) is 37.0 Å². The Bertz CT molecular complexity index is 742. The average Bonchev–Trinajstić information content (AvgIpc) is 2.70. The van der Waals surface area contributed by atoms with Crippen LogP contribution in [0.1, 0.15) is 36.4 Å². The standard InChI is InChI=1S/C22H27ClN2O2/c1-17-9-11-18(12-10-17)27-16-22(26)24-15-21(25-13-5-2-6-14-25)19-7-3-4-8-20(19)23/h3-4,7-12,21H,2,5-6,13-16H2,1H3,(H,24,26)/t21-/m0/s1. The number of piperidine rings is 1. The molecule has 0 spiro atoms. The number of ether oxygens (including phenoxy) is 1. The number of likely N-dealkylation sites (tertiary alicyclic amines) is 1. The van der Waals surface area contributed by atoms with Crippen molar-refractivity contribution >= 4 is 17.5 Å². The van der Waals surface area contributed by atoms with Crippen molar-refractivity contribution in [2.75, 3.05) is 26.2 Å². The quantitative estimate of drug-likeness (QED) is 0.768. The lowest BCUT2D eigenvalue weighted by atomic mass is 10.0. The van der Waals surface area contributed by atoms with Gasteiger partial charge in [-0.05, 0) is 56.6 Å². The maximum atomic E-state index is 12.3. The van der Waals surface area contributed by atoms with Gasteiger partial charge in [0.1, 0.15) is 5.75 Å². The summed E-state index contributed by atoms with van der Waals surface area (Å²) in [6, 6.07) is 15.7. The van der Waals surface area contributed by atoms with Crippen LogP contribution in [0.15, 0.2) is 48.5 Å². The molecular weight excluding hydrogens is 360 g/mol. The zero-order chi connectivity index (χ0) is 19.1. The van der Waals surface area contributed by atoms with Crippen LogP contribution in [0.3, 0.4) is 0 Å². The summed E-state index contributed by atoms with van der Waals surface area (Å²) < 4.78 is 5.58. The molecule has 1 amide bonds. The third-order valence-electron chi connectivity index (χ3n) is 4.98. The summed E-state index contributed by atoms with van der Waals surface area (Å²) in [6.45, 7) is 4.63. The second kappa shape index (κ2) is 9.77. The topological polar surface area (TPSA) is 41.6 Å². The molecule has 0 radical (unpaired) electrons. The minimum Gasteiger partial charge on any atom is -0.484 e. The molecule has 144 valence electrons. The number of nitrogens with zero attached hydrogens (tertiary/aromatic N) is 1. The van der Waals surface area contributed by atoms with E-state index in [1.54, 1.807) is 0 Å². The molecule has 1 atom stereocenters. The number of rotatable bonds is 7. The Balaban J connectivity index is 1.59. The molecule has 0 aromatic heterocycles. The molecule has 0 bridgehead atoms. The second-order valence-corrected chi connectivity index (χ2v) is 7.45. The summed E-state index contributed by atoms with van der Waals surface area (Å²) in [5, 5.41) is 3.77. The van der Waals surface area contributed by atoms with Crippen LogP contribution in [0.4, 0.5) is 0 Å². The highest BCUT2D eigenvalue weighted by Gasteiger charge is 2.24.